The highest BCUT2D eigenvalue weighted by Crippen LogP contribution is 2.30. The summed E-state index contributed by atoms with van der Waals surface area (Å²) in [7, 11) is 0. The van der Waals surface area contributed by atoms with Crippen molar-refractivity contribution in [3.8, 4) is 11.4 Å². The first-order valence-electron chi connectivity index (χ1n) is 8.69. The number of nitrogens with one attached hydrogen (secondary N) is 1. The Morgan fingerprint density at radius 1 is 1.23 bits per heavy atom. The van der Waals surface area contributed by atoms with Gasteiger partial charge >= 0.3 is 0 Å². The van der Waals surface area contributed by atoms with E-state index in [0.717, 1.165) is 47.1 Å². The molecule has 8 heteroatoms. The van der Waals surface area contributed by atoms with Gasteiger partial charge in [0, 0.05) is 18.3 Å². The molecule has 4 rings (SSSR count). The van der Waals surface area contributed by atoms with Crippen LogP contribution in [0.2, 0.25) is 5.02 Å². The molecular weight excluding hydrogens is 416 g/mol. The second-order valence-electron chi connectivity index (χ2n) is 6.85. The number of rotatable bonds is 3. The number of hydrogen-bond acceptors (Lipinski definition) is 5. The predicted molar refractivity (Wildman–Crippen MR) is 108 cm³/mol. The molecule has 0 saturated heterocycles. The maximum atomic E-state index is 6.41. The van der Waals surface area contributed by atoms with E-state index in [4.69, 9.17) is 17.3 Å². The molecule has 0 amide bonds. The van der Waals surface area contributed by atoms with Gasteiger partial charge in [-0.15, -0.1) is 0 Å². The third-order valence-electron chi connectivity index (χ3n) is 4.79. The van der Waals surface area contributed by atoms with Crippen molar-refractivity contribution in [1.29, 1.82) is 0 Å². The van der Waals surface area contributed by atoms with Crippen LogP contribution in [-0.2, 0) is 0 Å². The molecule has 1 fully saturated rings. The number of imidazole rings is 1. The molecule has 0 aliphatic heterocycles. The van der Waals surface area contributed by atoms with E-state index in [1.54, 1.807) is 12.4 Å². The zero-order valence-electron chi connectivity index (χ0n) is 14.4. The van der Waals surface area contributed by atoms with Gasteiger partial charge in [0.25, 0.3) is 0 Å². The lowest BCUT2D eigenvalue weighted by Gasteiger charge is -2.26. The van der Waals surface area contributed by atoms with Crippen LogP contribution in [0.15, 0.2) is 29.1 Å². The molecule has 3 heterocycles. The van der Waals surface area contributed by atoms with Crippen LogP contribution in [0.25, 0.3) is 17.0 Å². The van der Waals surface area contributed by atoms with Crippen molar-refractivity contribution in [3.05, 3.63) is 39.7 Å². The molecule has 3 aromatic heterocycles. The van der Waals surface area contributed by atoms with Crippen LogP contribution in [0, 0.1) is 6.92 Å². The standard InChI is InChI=1S/C18H20BrClN6/c1-10-6-13(19)17-22-8-15(26(17)9-10)16-14(20)7-23-18(25-16)24-12-4-2-11(21)3-5-12/h6-9,11-12H,2-5,21H2,1H3,(H,23,24,25). The Labute approximate surface area is 165 Å². The number of fused-ring (bicyclic) bond motifs is 1. The summed E-state index contributed by atoms with van der Waals surface area (Å²) < 4.78 is 2.93. The molecular formula is C18H20BrClN6. The fraction of sp³-hybridized carbons (Fsp3) is 0.389. The second kappa shape index (κ2) is 7.13. The van der Waals surface area contributed by atoms with Crippen molar-refractivity contribution in [3.63, 3.8) is 0 Å². The minimum Gasteiger partial charge on any atom is -0.351 e. The van der Waals surface area contributed by atoms with E-state index in [2.05, 4.69) is 36.2 Å². The van der Waals surface area contributed by atoms with Crippen LogP contribution in [0.4, 0.5) is 5.95 Å². The highest BCUT2D eigenvalue weighted by atomic mass is 79.9. The van der Waals surface area contributed by atoms with E-state index in [1.165, 1.54) is 0 Å². The van der Waals surface area contributed by atoms with Gasteiger partial charge in [0.05, 0.1) is 27.6 Å². The minimum atomic E-state index is 0.314. The van der Waals surface area contributed by atoms with Crippen LogP contribution in [0.3, 0.4) is 0 Å². The highest BCUT2D eigenvalue weighted by molar-refractivity contribution is 9.10. The Balaban J connectivity index is 1.69. The van der Waals surface area contributed by atoms with E-state index in [0.29, 0.717) is 28.7 Å². The van der Waals surface area contributed by atoms with Crippen molar-refractivity contribution in [2.45, 2.75) is 44.7 Å². The second-order valence-corrected chi connectivity index (χ2v) is 8.11. The average Bonchev–Trinajstić information content (AvgIpc) is 3.02. The van der Waals surface area contributed by atoms with E-state index in [1.807, 2.05) is 23.6 Å². The van der Waals surface area contributed by atoms with E-state index in [9.17, 15) is 0 Å². The van der Waals surface area contributed by atoms with Gasteiger partial charge < -0.3 is 11.1 Å². The lowest BCUT2D eigenvalue weighted by molar-refractivity contribution is 0.410. The third kappa shape index (κ3) is 3.43. The highest BCUT2D eigenvalue weighted by Gasteiger charge is 2.20. The van der Waals surface area contributed by atoms with Crippen LogP contribution >= 0.6 is 27.5 Å². The Morgan fingerprint density at radius 2 is 2.00 bits per heavy atom. The average molecular weight is 436 g/mol. The summed E-state index contributed by atoms with van der Waals surface area (Å²) >= 11 is 9.97. The summed E-state index contributed by atoms with van der Waals surface area (Å²) in [5.41, 5.74) is 9.44. The molecule has 0 unspecified atom stereocenters. The zero-order chi connectivity index (χ0) is 18.3. The summed E-state index contributed by atoms with van der Waals surface area (Å²) in [6.45, 7) is 2.04. The van der Waals surface area contributed by atoms with E-state index >= 15 is 0 Å². The molecule has 1 saturated carbocycles. The monoisotopic (exact) mass is 434 g/mol. The van der Waals surface area contributed by atoms with Crippen molar-refractivity contribution in [1.82, 2.24) is 19.4 Å². The van der Waals surface area contributed by atoms with Gasteiger partial charge in [-0.1, -0.05) is 11.6 Å². The SMILES string of the molecule is Cc1cc(Br)c2ncc(-c3nc(NC4CCC(N)CC4)ncc3Cl)n2c1. The van der Waals surface area contributed by atoms with Crippen molar-refractivity contribution < 1.29 is 0 Å². The Morgan fingerprint density at radius 3 is 2.77 bits per heavy atom. The number of aromatic nitrogens is 4. The summed E-state index contributed by atoms with van der Waals surface area (Å²) in [5, 5.41) is 3.93. The predicted octanol–water partition coefficient (Wildman–Crippen LogP) is 4.20. The number of halogens is 2. The molecule has 3 N–H and O–H groups in total. The Bertz CT molecular complexity index is 948. The summed E-state index contributed by atoms with van der Waals surface area (Å²) in [5.74, 6) is 0.589. The molecule has 3 aromatic rings. The first kappa shape index (κ1) is 17.7. The van der Waals surface area contributed by atoms with Gasteiger partial charge in [-0.3, -0.25) is 4.40 Å². The number of anilines is 1. The quantitative estimate of drug-likeness (QED) is 0.644. The van der Waals surface area contributed by atoms with Gasteiger partial charge in [0.1, 0.15) is 5.69 Å². The third-order valence-corrected chi connectivity index (χ3v) is 5.65. The topological polar surface area (TPSA) is 81.1 Å². The number of hydrogen-bond donors (Lipinski definition) is 2. The molecule has 6 nitrogen and oxygen atoms in total. The summed E-state index contributed by atoms with van der Waals surface area (Å²) in [4.78, 5) is 13.5. The Hall–Kier alpha value is -1.70. The van der Waals surface area contributed by atoms with Gasteiger partial charge in [-0.05, 0) is 60.2 Å². The van der Waals surface area contributed by atoms with Crippen molar-refractivity contribution >= 4 is 39.1 Å². The van der Waals surface area contributed by atoms with Gasteiger partial charge in [0.2, 0.25) is 5.95 Å². The lowest BCUT2D eigenvalue weighted by Crippen LogP contribution is -2.33. The maximum Gasteiger partial charge on any atom is 0.223 e. The zero-order valence-corrected chi connectivity index (χ0v) is 16.8. The largest absolute Gasteiger partial charge is 0.351 e. The Kier molecular flexibility index (Phi) is 4.86. The molecule has 26 heavy (non-hydrogen) atoms. The number of pyridine rings is 1. The molecule has 1 aliphatic rings. The van der Waals surface area contributed by atoms with Gasteiger partial charge in [-0.2, -0.15) is 0 Å². The van der Waals surface area contributed by atoms with E-state index < -0.39 is 0 Å². The fourth-order valence-corrected chi connectivity index (χ4v) is 4.25. The van der Waals surface area contributed by atoms with Crippen molar-refractivity contribution in [2.75, 3.05) is 5.32 Å². The molecule has 0 bridgehead atoms. The molecule has 1 aliphatic carbocycles. The van der Waals surface area contributed by atoms with Gasteiger partial charge in [0.15, 0.2) is 5.65 Å². The summed E-state index contributed by atoms with van der Waals surface area (Å²) in [6, 6.07) is 2.70. The summed E-state index contributed by atoms with van der Waals surface area (Å²) in [6.07, 6.45) is 9.57. The lowest BCUT2D eigenvalue weighted by atomic mass is 9.92. The minimum absolute atomic E-state index is 0.314. The molecule has 0 spiro atoms. The van der Waals surface area contributed by atoms with Crippen LogP contribution in [-0.4, -0.2) is 31.4 Å². The van der Waals surface area contributed by atoms with Crippen molar-refractivity contribution in [2.24, 2.45) is 5.73 Å². The number of aryl methyl sites for hydroxylation is 1. The smallest absolute Gasteiger partial charge is 0.223 e. The molecule has 0 atom stereocenters. The van der Waals surface area contributed by atoms with Crippen LogP contribution in [0.1, 0.15) is 31.2 Å². The maximum absolute atomic E-state index is 6.41. The molecule has 136 valence electrons. The number of nitrogens with two attached hydrogens (primary N) is 1. The van der Waals surface area contributed by atoms with Gasteiger partial charge in [-0.25, -0.2) is 15.0 Å². The first-order valence-corrected chi connectivity index (χ1v) is 9.86. The first-order chi connectivity index (χ1) is 12.5. The molecule has 0 aromatic carbocycles. The normalized spacial score (nSPS) is 20.5. The number of nitrogens with zero attached hydrogens (tertiary/aromatic N) is 4. The van der Waals surface area contributed by atoms with Crippen LogP contribution in [0.5, 0.6) is 0 Å². The van der Waals surface area contributed by atoms with E-state index in [-0.39, 0.29) is 0 Å². The van der Waals surface area contributed by atoms with Crippen LogP contribution < -0.4 is 11.1 Å². The molecule has 0 radical (unpaired) electrons. The fourth-order valence-electron chi connectivity index (χ4n) is 3.41.